The van der Waals surface area contributed by atoms with Gasteiger partial charge in [0.1, 0.15) is 6.10 Å². The monoisotopic (exact) mass is 310 g/mol. The average Bonchev–Trinajstić information content (AvgIpc) is 2.90. The minimum atomic E-state index is -1.47. The lowest BCUT2D eigenvalue weighted by molar-refractivity contribution is -0.198. The van der Waals surface area contributed by atoms with Crippen molar-refractivity contribution >= 4 is 29.6 Å². The van der Waals surface area contributed by atoms with Gasteiger partial charge in [-0.3, -0.25) is 24.1 Å². The summed E-state index contributed by atoms with van der Waals surface area (Å²) in [5.74, 6) is -3.32. The molecule has 1 saturated heterocycles. The SMILES string of the molecule is O=C(CCCCN1C(=O)C=CC1=O)ON1C(=O)CC(O)C1=O. The van der Waals surface area contributed by atoms with Crippen molar-refractivity contribution in [3.8, 4) is 0 Å². The summed E-state index contributed by atoms with van der Waals surface area (Å²) in [4.78, 5) is 62.3. The van der Waals surface area contributed by atoms with Gasteiger partial charge in [0.25, 0.3) is 23.6 Å². The molecule has 0 saturated carbocycles. The van der Waals surface area contributed by atoms with E-state index >= 15 is 0 Å². The number of rotatable bonds is 6. The summed E-state index contributed by atoms with van der Waals surface area (Å²) in [6, 6.07) is 0. The molecule has 118 valence electrons. The summed E-state index contributed by atoms with van der Waals surface area (Å²) < 4.78 is 0. The van der Waals surface area contributed by atoms with Gasteiger partial charge in [-0.05, 0) is 12.8 Å². The van der Waals surface area contributed by atoms with E-state index in [1.807, 2.05) is 0 Å². The van der Waals surface area contributed by atoms with Crippen LogP contribution in [0.1, 0.15) is 25.7 Å². The molecule has 0 aromatic heterocycles. The molecule has 1 fully saturated rings. The van der Waals surface area contributed by atoms with E-state index in [0.717, 1.165) is 4.90 Å². The molecule has 0 aromatic rings. The van der Waals surface area contributed by atoms with E-state index in [1.54, 1.807) is 0 Å². The lowest BCUT2D eigenvalue weighted by atomic mass is 10.2. The Morgan fingerprint density at radius 1 is 1.18 bits per heavy atom. The van der Waals surface area contributed by atoms with Crippen molar-refractivity contribution in [3.05, 3.63) is 12.2 Å². The molecule has 4 amide bonds. The number of carbonyl (C=O) groups excluding carboxylic acids is 5. The smallest absolute Gasteiger partial charge is 0.333 e. The highest BCUT2D eigenvalue weighted by atomic mass is 16.7. The van der Waals surface area contributed by atoms with Crippen LogP contribution in [0.15, 0.2) is 12.2 Å². The molecular formula is C13H14N2O7. The van der Waals surface area contributed by atoms with Crippen LogP contribution < -0.4 is 0 Å². The van der Waals surface area contributed by atoms with E-state index in [1.165, 1.54) is 12.2 Å². The molecule has 2 aliphatic rings. The van der Waals surface area contributed by atoms with Gasteiger partial charge < -0.3 is 9.94 Å². The van der Waals surface area contributed by atoms with Gasteiger partial charge in [-0.15, -0.1) is 0 Å². The number of aliphatic hydroxyl groups excluding tert-OH is 1. The van der Waals surface area contributed by atoms with Crippen LogP contribution in [0.4, 0.5) is 0 Å². The first-order valence-corrected chi connectivity index (χ1v) is 6.69. The highest BCUT2D eigenvalue weighted by Crippen LogP contribution is 2.14. The van der Waals surface area contributed by atoms with Crippen LogP contribution in [0.2, 0.25) is 0 Å². The first-order valence-electron chi connectivity index (χ1n) is 6.69. The Morgan fingerprint density at radius 2 is 1.82 bits per heavy atom. The molecular weight excluding hydrogens is 296 g/mol. The van der Waals surface area contributed by atoms with Crippen LogP contribution in [0.25, 0.3) is 0 Å². The van der Waals surface area contributed by atoms with E-state index in [0.29, 0.717) is 12.8 Å². The maximum atomic E-state index is 11.5. The number of hydrogen-bond acceptors (Lipinski definition) is 7. The highest BCUT2D eigenvalue weighted by Gasteiger charge is 2.40. The predicted molar refractivity (Wildman–Crippen MR) is 68.3 cm³/mol. The quantitative estimate of drug-likeness (QED) is 0.476. The van der Waals surface area contributed by atoms with E-state index < -0.39 is 42.1 Å². The van der Waals surface area contributed by atoms with Crippen LogP contribution in [0, 0.1) is 0 Å². The number of unbranched alkanes of at least 4 members (excludes halogenated alkanes) is 1. The van der Waals surface area contributed by atoms with Gasteiger partial charge in [0, 0.05) is 25.1 Å². The van der Waals surface area contributed by atoms with E-state index in [4.69, 9.17) is 5.11 Å². The third-order valence-electron chi connectivity index (χ3n) is 3.19. The van der Waals surface area contributed by atoms with Crippen LogP contribution in [0.5, 0.6) is 0 Å². The standard InChI is InChI=1S/C13H14N2O7/c16-8-7-11(19)15(13(8)21)22-12(20)3-1-2-6-14-9(17)4-5-10(14)18/h4-5,8,16H,1-3,6-7H2. The van der Waals surface area contributed by atoms with E-state index in [-0.39, 0.29) is 18.0 Å². The molecule has 1 N–H and O–H groups in total. The number of aliphatic hydroxyl groups is 1. The van der Waals surface area contributed by atoms with Crippen molar-refractivity contribution in [2.75, 3.05) is 6.54 Å². The molecule has 22 heavy (non-hydrogen) atoms. The molecule has 0 radical (unpaired) electrons. The van der Waals surface area contributed by atoms with Gasteiger partial charge in [0.15, 0.2) is 0 Å². The third-order valence-corrected chi connectivity index (χ3v) is 3.19. The number of hydroxylamine groups is 2. The predicted octanol–water partition coefficient (Wildman–Crippen LogP) is -1.34. The largest absolute Gasteiger partial charge is 0.383 e. The average molecular weight is 310 g/mol. The Balaban J connectivity index is 1.68. The van der Waals surface area contributed by atoms with Crippen LogP contribution in [0.3, 0.4) is 0 Å². The molecule has 2 heterocycles. The van der Waals surface area contributed by atoms with Crippen molar-refractivity contribution in [2.24, 2.45) is 0 Å². The highest BCUT2D eigenvalue weighted by molar-refractivity contribution is 6.12. The number of amides is 4. The lowest BCUT2D eigenvalue weighted by Crippen LogP contribution is -2.34. The first kappa shape index (κ1) is 15.8. The Bertz CT molecular complexity index is 551. The normalized spacial score (nSPS) is 21.2. The second-order valence-electron chi connectivity index (χ2n) is 4.83. The van der Waals surface area contributed by atoms with Crippen molar-refractivity contribution in [1.82, 2.24) is 9.96 Å². The number of hydrogen-bond donors (Lipinski definition) is 1. The summed E-state index contributed by atoms with van der Waals surface area (Å²) in [5.41, 5.74) is 0. The van der Waals surface area contributed by atoms with Gasteiger partial charge in [-0.2, -0.15) is 0 Å². The maximum absolute atomic E-state index is 11.5. The molecule has 9 nitrogen and oxygen atoms in total. The lowest BCUT2D eigenvalue weighted by Gasteiger charge is -2.14. The van der Waals surface area contributed by atoms with Crippen molar-refractivity contribution in [3.63, 3.8) is 0 Å². The van der Waals surface area contributed by atoms with Crippen LogP contribution in [-0.4, -0.2) is 57.3 Å². The molecule has 1 atom stereocenters. The fourth-order valence-corrected chi connectivity index (χ4v) is 2.03. The van der Waals surface area contributed by atoms with Gasteiger partial charge in [-0.25, -0.2) is 4.79 Å². The number of nitrogens with zero attached hydrogens (tertiary/aromatic N) is 2. The Hall–Kier alpha value is -2.55. The second-order valence-corrected chi connectivity index (χ2v) is 4.83. The zero-order valence-electron chi connectivity index (χ0n) is 11.6. The van der Waals surface area contributed by atoms with Crippen molar-refractivity contribution in [1.29, 1.82) is 0 Å². The Labute approximate surface area is 125 Å². The number of carbonyl (C=O) groups is 5. The van der Waals surface area contributed by atoms with Gasteiger partial charge in [-0.1, -0.05) is 5.06 Å². The van der Waals surface area contributed by atoms with E-state index in [2.05, 4.69) is 4.84 Å². The molecule has 2 aliphatic heterocycles. The molecule has 9 heteroatoms. The zero-order valence-corrected chi connectivity index (χ0v) is 11.6. The molecule has 0 aromatic carbocycles. The zero-order chi connectivity index (χ0) is 16.3. The Kier molecular flexibility index (Phi) is 4.66. The molecule has 2 rings (SSSR count). The van der Waals surface area contributed by atoms with E-state index in [9.17, 15) is 24.0 Å². The third kappa shape index (κ3) is 3.37. The number of imide groups is 2. The fraction of sp³-hybridized carbons (Fsp3) is 0.462. The van der Waals surface area contributed by atoms with Crippen LogP contribution in [-0.2, 0) is 28.8 Å². The van der Waals surface area contributed by atoms with Gasteiger partial charge in [0.05, 0.1) is 6.42 Å². The van der Waals surface area contributed by atoms with Gasteiger partial charge in [0.2, 0.25) is 0 Å². The summed E-state index contributed by atoms with van der Waals surface area (Å²) >= 11 is 0. The van der Waals surface area contributed by atoms with Crippen molar-refractivity contribution in [2.45, 2.75) is 31.8 Å². The summed E-state index contributed by atoms with van der Waals surface area (Å²) in [5, 5.41) is 9.43. The minimum absolute atomic E-state index is 0.0865. The van der Waals surface area contributed by atoms with Crippen molar-refractivity contribution < 1.29 is 33.9 Å². The first-order chi connectivity index (χ1) is 10.4. The maximum Gasteiger partial charge on any atom is 0.333 e. The van der Waals surface area contributed by atoms with Crippen LogP contribution >= 0.6 is 0 Å². The fourth-order valence-electron chi connectivity index (χ4n) is 2.03. The minimum Gasteiger partial charge on any atom is -0.383 e. The summed E-state index contributed by atoms with van der Waals surface area (Å²) in [6.45, 7) is 0.179. The molecule has 0 spiro atoms. The molecule has 1 unspecified atom stereocenters. The second kappa shape index (κ2) is 6.48. The molecule has 0 bridgehead atoms. The Morgan fingerprint density at radius 3 is 2.36 bits per heavy atom. The summed E-state index contributed by atoms with van der Waals surface area (Å²) in [7, 11) is 0. The topological polar surface area (TPSA) is 121 Å². The summed E-state index contributed by atoms with van der Waals surface area (Å²) in [6.07, 6.45) is 1.08. The molecule has 0 aliphatic carbocycles. The van der Waals surface area contributed by atoms with Gasteiger partial charge >= 0.3 is 5.97 Å².